The topological polar surface area (TPSA) is 93.1 Å². The van der Waals surface area contributed by atoms with Crippen LogP contribution in [0.15, 0.2) is 0 Å². The lowest BCUT2D eigenvalue weighted by Crippen LogP contribution is -2.36. The summed E-state index contributed by atoms with van der Waals surface area (Å²) in [7, 11) is 0. The number of likely N-dealkylation sites (tertiary alicyclic amines) is 1. The van der Waals surface area contributed by atoms with E-state index in [-0.39, 0.29) is 13.1 Å². The number of rotatable bonds is 2. The lowest BCUT2D eigenvalue weighted by Gasteiger charge is -2.24. The van der Waals surface area contributed by atoms with Gasteiger partial charge in [0.2, 0.25) is 0 Å². The van der Waals surface area contributed by atoms with Crippen LogP contribution in [0.1, 0.15) is 27.7 Å². The number of hydrogen-bond acceptors (Lipinski definition) is 5. The van der Waals surface area contributed by atoms with Gasteiger partial charge >= 0.3 is 18.0 Å². The minimum Gasteiger partial charge on any atom is -0.481 e. The molecule has 1 aliphatic heterocycles. The first kappa shape index (κ1) is 15.3. The molecule has 0 aromatic rings. The second-order valence-electron chi connectivity index (χ2n) is 5.48. The maximum absolute atomic E-state index is 11.8. The van der Waals surface area contributed by atoms with Gasteiger partial charge in [0.05, 0.1) is 6.54 Å². The van der Waals surface area contributed by atoms with Gasteiger partial charge in [-0.2, -0.15) is 0 Å². The molecule has 2 atom stereocenters. The molecular weight excluding hydrogens is 254 g/mol. The summed E-state index contributed by atoms with van der Waals surface area (Å²) in [5.74, 6) is -2.59. The number of carbonyl (C=O) groups is 3. The molecule has 0 aromatic carbocycles. The Kier molecular flexibility index (Phi) is 4.39. The molecule has 19 heavy (non-hydrogen) atoms. The predicted octanol–water partition coefficient (Wildman–Crippen LogP) is 0.870. The van der Waals surface area contributed by atoms with Gasteiger partial charge in [-0.25, -0.2) is 4.79 Å². The molecule has 7 nitrogen and oxygen atoms in total. The molecule has 108 valence electrons. The molecule has 0 bridgehead atoms. The smallest absolute Gasteiger partial charge is 0.410 e. The first-order valence-electron chi connectivity index (χ1n) is 5.98. The van der Waals surface area contributed by atoms with Crippen LogP contribution in [0.5, 0.6) is 0 Å². The SMILES string of the molecule is CC(=O)O[C@H]1CN(C(=O)OC(C)(C)C)C[C@H]1C(=O)O. The quantitative estimate of drug-likeness (QED) is 0.750. The molecule has 1 saturated heterocycles. The molecule has 1 heterocycles. The van der Waals surface area contributed by atoms with Crippen LogP contribution < -0.4 is 0 Å². The molecule has 1 aliphatic rings. The Morgan fingerprint density at radius 2 is 1.79 bits per heavy atom. The molecule has 0 spiro atoms. The van der Waals surface area contributed by atoms with Gasteiger partial charge < -0.3 is 19.5 Å². The number of amides is 1. The van der Waals surface area contributed by atoms with E-state index in [1.165, 1.54) is 11.8 Å². The minimum atomic E-state index is -1.10. The van der Waals surface area contributed by atoms with E-state index in [1.54, 1.807) is 20.8 Å². The first-order valence-corrected chi connectivity index (χ1v) is 5.98. The summed E-state index contributed by atoms with van der Waals surface area (Å²) in [5.41, 5.74) is -0.657. The molecule has 1 N–H and O–H groups in total. The lowest BCUT2D eigenvalue weighted by molar-refractivity contribution is -0.153. The van der Waals surface area contributed by atoms with Gasteiger partial charge in [-0.1, -0.05) is 0 Å². The van der Waals surface area contributed by atoms with Gasteiger partial charge in [-0.05, 0) is 20.8 Å². The summed E-state index contributed by atoms with van der Waals surface area (Å²) in [6.45, 7) is 6.38. The van der Waals surface area contributed by atoms with Gasteiger partial charge in [0.1, 0.15) is 17.6 Å². The van der Waals surface area contributed by atoms with Gasteiger partial charge in [0.25, 0.3) is 0 Å². The fraction of sp³-hybridized carbons (Fsp3) is 0.750. The van der Waals surface area contributed by atoms with E-state index in [1.807, 2.05) is 0 Å². The number of aliphatic carboxylic acids is 1. The predicted molar refractivity (Wildman–Crippen MR) is 64.5 cm³/mol. The molecule has 7 heteroatoms. The summed E-state index contributed by atoms with van der Waals surface area (Å²) in [6, 6.07) is 0. The average Bonchev–Trinajstić information content (AvgIpc) is 2.57. The van der Waals surface area contributed by atoms with Crippen molar-refractivity contribution in [3.8, 4) is 0 Å². The standard InChI is InChI=1S/C12H19NO6/c1-7(14)18-9-6-13(5-8(9)10(15)16)11(17)19-12(2,3)4/h8-9H,5-6H2,1-4H3,(H,15,16)/t8-,9+/m1/s1. The largest absolute Gasteiger partial charge is 0.481 e. The van der Waals surface area contributed by atoms with E-state index in [0.29, 0.717) is 0 Å². The van der Waals surface area contributed by atoms with Crippen molar-refractivity contribution in [1.29, 1.82) is 0 Å². The fourth-order valence-electron chi connectivity index (χ4n) is 1.82. The maximum atomic E-state index is 11.8. The van der Waals surface area contributed by atoms with E-state index < -0.39 is 35.7 Å². The van der Waals surface area contributed by atoms with E-state index in [0.717, 1.165) is 0 Å². The number of esters is 1. The normalized spacial score (nSPS) is 23.1. The third-order valence-electron chi connectivity index (χ3n) is 2.55. The van der Waals surface area contributed by atoms with E-state index in [4.69, 9.17) is 14.6 Å². The summed E-state index contributed by atoms with van der Waals surface area (Å²) < 4.78 is 10.1. The monoisotopic (exact) mass is 273 g/mol. The van der Waals surface area contributed by atoms with Crippen molar-refractivity contribution >= 4 is 18.0 Å². The highest BCUT2D eigenvalue weighted by molar-refractivity contribution is 5.76. The zero-order chi connectivity index (χ0) is 14.8. The summed E-state index contributed by atoms with van der Waals surface area (Å²) >= 11 is 0. The Labute approximate surface area is 111 Å². The maximum Gasteiger partial charge on any atom is 0.410 e. The third kappa shape index (κ3) is 4.42. The highest BCUT2D eigenvalue weighted by Crippen LogP contribution is 2.22. The zero-order valence-electron chi connectivity index (χ0n) is 11.5. The highest BCUT2D eigenvalue weighted by Gasteiger charge is 2.43. The van der Waals surface area contributed by atoms with Gasteiger partial charge in [-0.3, -0.25) is 9.59 Å². The van der Waals surface area contributed by atoms with Gasteiger partial charge in [-0.15, -0.1) is 0 Å². The van der Waals surface area contributed by atoms with Crippen molar-refractivity contribution in [3.63, 3.8) is 0 Å². The van der Waals surface area contributed by atoms with Gasteiger partial charge in [0.15, 0.2) is 0 Å². The molecule has 1 rings (SSSR count). The first-order chi connectivity index (χ1) is 8.60. The van der Waals surface area contributed by atoms with Crippen LogP contribution in [0.2, 0.25) is 0 Å². The van der Waals surface area contributed by atoms with Crippen molar-refractivity contribution in [2.24, 2.45) is 5.92 Å². The van der Waals surface area contributed by atoms with Crippen LogP contribution >= 0.6 is 0 Å². The van der Waals surface area contributed by atoms with Crippen molar-refractivity contribution in [2.75, 3.05) is 13.1 Å². The Balaban J connectivity index is 2.72. The van der Waals surface area contributed by atoms with E-state index in [2.05, 4.69) is 0 Å². The zero-order valence-corrected chi connectivity index (χ0v) is 11.5. The van der Waals surface area contributed by atoms with E-state index >= 15 is 0 Å². The fourth-order valence-corrected chi connectivity index (χ4v) is 1.82. The Bertz CT molecular complexity index is 386. The molecule has 1 amide bonds. The van der Waals surface area contributed by atoms with Crippen molar-refractivity contribution in [1.82, 2.24) is 4.90 Å². The Morgan fingerprint density at radius 1 is 1.21 bits per heavy atom. The number of nitrogens with zero attached hydrogens (tertiary/aromatic N) is 1. The number of hydrogen-bond donors (Lipinski definition) is 1. The molecule has 0 aromatic heterocycles. The number of carboxylic acids is 1. The number of carbonyl (C=O) groups excluding carboxylic acids is 2. The van der Waals surface area contributed by atoms with Crippen molar-refractivity contribution in [2.45, 2.75) is 39.4 Å². The molecule has 0 unspecified atom stereocenters. The molecular formula is C12H19NO6. The highest BCUT2D eigenvalue weighted by atomic mass is 16.6. The Morgan fingerprint density at radius 3 is 2.21 bits per heavy atom. The lowest BCUT2D eigenvalue weighted by atomic mass is 10.1. The van der Waals surface area contributed by atoms with Crippen molar-refractivity contribution < 1.29 is 29.0 Å². The van der Waals surface area contributed by atoms with Crippen LogP contribution in [-0.4, -0.2) is 52.8 Å². The summed E-state index contributed by atoms with van der Waals surface area (Å²) in [4.78, 5) is 35.1. The van der Waals surface area contributed by atoms with Crippen LogP contribution in [0, 0.1) is 5.92 Å². The summed E-state index contributed by atoms with van der Waals surface area (Å²) in [6.07, 6.45) is -1.43. The minimum absolute atomic E-state index is 0.0256. The van der Waals surface area contributed by atoms with Crippen LogP contribution in [0.25, 0.3) is 0 Å². The number of ether oxygens (including phenoxy) is 2. The van der Waals surface area contributed by atoms with Crippen LogP contribution in [-0.2, 0) is 19.1 Å². The molecule has 0 aliphatic carbocycles. The third-order valence-corrected chi connectivity index (χ3v) is 2.55. The van der Waals surface area contributed by atoms with Crippen molar-refractivity contribution in [3.05, 3.63) is 0 Å². The average molecular weight is 273 g/mol. The summed E-state index contributed by atoms with van der Waals surface area (Å²) in [5, 5.41) is 9.06. The molecule has 0 radical (unpaired) electrons. The second-order valence-corrected chi connectivity index (χ2v) is 5.48. The molecule has 0 saturated carbocycles. The van der Waals surface area contributed by atoms with Crippen LogP contribution in [0.4, 0.5) is 4.79 Å². The van der Waals surface area contributed by atoms with E-state index in [9.17, 15) is 14.4 Å². The molecule has 1 fully saturated rings. The Hall–Kier alpha value is -1.79. The number of carboxylic acid groups (broad SMARTS) is 1. The second kappa shape index (κ2) is 5.46. The van der Waals surface area contributed by atoms with Crippen LogP contribution in [0.3, 0.4) is 0 Å². The van der Waals surface area contributed by atoms with Gasteiger partial charge in [0, 0.05) is 13.5 Å².